The van der Waals surface area contributed by atoms with Gasteiger partial charge in [0.15, 0.2) is 0 Å². The molecule has 8 heteroatoms. The summed E-state index contributed by atoms with van der Waals surface area (Å²) >= 11 is 5.99. The van der Waals surface area contributed by atoms with Gasteiger partial charge in [-0.2, -0.15) is 0 Å². The van der Waals surface area contributed by atoms with Crippen molar-refractivity contribution in [3.05, 3.63) is 41.6 Å². The zero-order chi connectivity index (χ0) is 17.8. The quantitative estimate of drug-likeness (QED) is 0.821. The number of urea groups is 1. The van der Waals surface area contributed by atoms with Gasteiger partial charge in [0.1, 0.15) is 17.3 Å². The van der Waals surface area contributed by atoms with Crippen LogP contribution < -0.4 is 15.8 Å². The molecule has 3 N–H and O–H groups in total. The van der Waals surface area contributed by atoms with Gasteiger partial charge in [-0.25, -0.2) is 9.78 Å². The van der Waals surface area contributed by atoms with Gasteiger partial charge in [-0.1, -0.05) is 11.6 Å². The lowest BCUT2D eigenvalue weighted by atomic mass is 10.3. The second kappa shape index (κ2) is 7.58. The van der Waals surface area contributed by atoms with Crippen molar-refractivity contribution in [2.45, 2.75) is 0 Å². The van der Waals surface area contributed by atoms with Crippen LogP contribution in [0.25, 0.3) is 0 Å². The summed E-state index contributed by atoms with van der Waals surface area (Å²) in [6.07, 6.45) is 1.58. The minimum atomic E-state index is -0.159. The number of piperazine rings is 1. The van der Waals surface area contributed by atoms with Crippen molar-refractivity contribution in [2.75, 3.05) is 44.3 Å². The van der Waals surface area contributed by atoms with Crippen LogP contribution in [0.15, 0.2) is 36.5 Å². The topological polar surface area (TPSA) is 83.7 Å². The SMILES string of the molecule is CN1CCN(C(=O)Nc2cc(Oc3ccc(N)c(Cl)c3)ccn2)CC1. The third kappa shape index (κ3) is 4.52. The summed E-state index contributed by atoms with van der Waals surface area (Å²) in [7, 11) is 2.04. The van der Waals surface area contributed by atoms with Crippen molar-refractivity contribution in [1.82, 2.24) is 14.8 Å². The van der Waals surface area contributed by atoms with E-state index < -0.39 is 0 Å². The number of anilines is 2. The third-order valence-electron chi connectivity index (χ3n) is 3.96. The van der Waals surface area contributed by atoms with E-state index in [1.54, 1.807) is 41.4 Å². The van der Waals surface area contributed by atoms with Gasteiger partial charge < -0.3 is 20.3 Å². The van der Waals surface area contributed by atoms with Gasteiger partial charge in [-0.3, -0.25) is 5.32 Å². The number of hydrogen-bond acceptors (Lipinski definition) is 5. The second-order valence-electron chi connectivity index (χ2n) is 5.88. The zero-order valence-electron chi connectivity index (χ0n) is 13.9. The summed E-state index contributed by atoms with van der Waals surface area (Å²) in [5.41, 5.74) is 6.18. The van der Waals surface area contributed by atoms with Gasteiger partial charge in [-0.05, 0) is 25.2 Å². The molecule has 0 spiro atoms. The second-order valence-corrected chi connectivity index (χ2v) is 6.29. The highest BCUT2D eigenvalue weighted by Gasteiger charge is 2.19. The Morgan fingerprint density at radius 3 is 2.64 bits per heavy atom. The van der Waals surface area contributed by atoms with Gasteiger partial charge in [0.2, 0.25) is 0 Å². The number of hydrogen-bond donors (Lipinski definition) is 2. The van der Waals surface area contributed by atoms with Crippen molar-refractivity contribution in [3.63, 3.8) is 0 Å². The first-order valence-electron chi connectivity index (χ1n) is 7.94. The fourth-order valence-electron chi connectivity index (χ4n) is 2.45. The van der Waals surface area contributed by atoms with E-state index in [1.165, 1.54) is 0 Å². The lowest BCUT2D eigenvalue weighted by molar-refractivity contribution is 0.164. The number of halogens is 1. The maximum Gasteiger partial charge on any atom is 0.323 e. The van der Waals surface area contributed by atoms with Crippen LogP contribution in [0.3, 0.4) is 0 Å². The molecule has 25 heavy (non-hydrogen) atoms. The number of nitrogens with two attached hydrogens (primary N) is 1. The average Bonchev–Trinajstić information content (AvgIpc) is 2.59. The Morgan fingerprint density at radius 2 is 1.92 bits per heavy atom. The van der Waals surface area contributed by atoms with E-state index in [0.29, 0.717) is 41.1 Å². The molecule has 0 atom stereocenters. The summed E-state index contributed by atoms with van der Waals surface area (Å²) in [5, 5.41) is 3.23. The summed E-state index contributed by atoms with van der Waals surface area (Å²) < 4.78 is 5.74. The van der Waals surface area contributed by atoms with Crippen LogP contribution >= 0.6 is 11.6 Å². The molecular formula is C17H20ClN5O2. The predicted octanol–water partition coefficient (Wildman–Crippen LogP) is 2.89. The molecule has 1 aliphatic heterocycles. The molecule has 132 valence electrons. The molecule has 0 radical (unpaired) electrons. The molecule has 0 bridgehead atoms. The van der Waals surface area contributed by atoms with Crippen LogP contribution in [0.1, 0.15) is 0 Å². The summed E-state index contributed by atoms with van der Waals surface area (Å²) in [5.74, 6) is 1.54. The van der Waals surface area contributed by atoms with Crippen molar-refractivity contribution in [3.8, 4) is 11.5 Å². The van der Waals surface area contributed by atoms with E-state index in [0.717, 1.165) is 13.1 Å². The molecule has 1 saturated heterocycles. The number of amides is 2. The molecule has 1 aromatic heterocycles. The summed E-state index contributed by atoms with van der Waals surface area (Å²) in [6, 6.07) is 8.25. The van der Waals surface area contributed by atoms with Crippen LogP contribution in [0.5, 0.6) is 11.5 Å². The Kier molecular flexibility index (Phi) is 5.25. The standard InChI is InChI=1S/C17H20ClN5O2/c1-22-6-8-23(9-7-22)17(24)21-16-11-13(4-5-20-16)25-12-2-3-15(19)14(18)10-12/h2-5,10-11H,6-9,19H2,1H3,(H,20,21,24). The number of rotatable bonds is 3. The Balaban J connectivity index is 1.64. The smallest absolute Gasteiger partial charge is 0.323 e. The van der Waals surface area contributed by atoms with Crippen molar-refractivity contribution in [2.24, 2.45) is 0 Å². The normalized spacial score (nSPS) is 15.0. The number of ether oxygens (including phenoxy) is 1. The minimum Gasteiger partial charge on any atom is -0.457 e. The van der Waals surface area contributed by atoms with Gasteiger partial charge >= 0.3 is 6.03 Å². The number of nitrogens with zero attached hydrogens (tertiary/aromatic N) is 3. The molecule has 2 heterocycles. The molecule has 1 aliphatic rings. The summed E-state index contributed by atoms with van der Waals surface area (Å²) in [4.78, 5) is 20.4. The third-order valence-corrected chi connectivity index (χ3v) is 4.29. The van der Waals surface area contributed by atoms with Crippen LogP contribution in [0.2, 0.25) is 5.02 Å². The molecule has 1 fully saturated rings. The predicted molar refractivity (Wildman–Crippen MR) is 98.3 cm³/mol. The van der Waals surface area contributed by atoms with E-state index in [9.17, 15) is 4.79 Å². The molecular weight excluding hydrogens is 342 g/mol. The highest BCUT2D eigenvalue weighted by Crippen LogP contribution is 2.28. The van der Waals surface area contributed by atoms with Crippen LogP contribution in [-0.4, -0.2) is 54.0 Å². The molecule has 2 aromatic rings. The number of carbonyl (C=O) groups excluding carboxylic acids is 1. The zero-order valence-corrected chi connectivity index (χ0v) is 14.7. The number of benzene rings is 1. The molecule has 0 aliphatic carbocycles. The molecule has 7 nitrogen and oxygen atoms in total. The highest BCUT2D eigenvalue weighted by molar-refractivity contribution is 6.33. The lowest BCUT2D eigenvalue weighted by Crippen LogP contribution is -2.48. The first-order chi connectivity index (χ1) is 12.0. The highest BCUT2D eigenvalue weighted by atomic mass is 35.5. The molecule has 3 rings (SSSR count). The fraction of sp³-hybridized carbons (Fsp3) is 0.294. The Morgan fingerprint density at radius 1 is 1.20 bits per heavy atom. The van der Waals surface area contributed by atoms with E-state index in [1.807, 2.05) is 7.05 Å². The average molecular weight is 362 g/mol. The van der Waals surface area contributed by atoms with Crippen LogP contribution in [0, 0.1) is 0 Å². The lowest BCUT2D eigenvalue weighted by Gasteiger charge is -2.32. The number of aromatic nitrogens is 1. The molecule has 2 amide bonds. The molecule has 0 unspecified atom stereocenters. The number of nitrogen functional groups attached to an aromatic ring is 1. The monoisotopic (exact) mass is 361 g/mol. The maximum atomic E-state index is 12.3. The minimum absolute atomic E-state index is 0.159. The fourth-order valence-corrected chi connectivity index (χ4v) is 2.62. The maximum absolute atomic E-state index is 12.3. The molecule has 0 saturated carbocycles. The Labute approximate surface area is 151 Å². The summed E-state index contributed by atoms with van der Waals surface area (Å²) in [6.45, 7) is 3.12. The van der Waals surface area contributed by atoms with Gasteiger partial charge in [0.05, 0.1) is 10.7 Å². The van der Waals surface area contributed by atoms with E-state index >= 15 is 0 Å². The number of pyridine rings is 1. The molecule has 1 aromatic carbocycles. The Hall–Kier alpha value is -2.51. The van der Waals surface area contributed by atoms with Crippen molar-refractivity contribution >= 4 is 29.1 Å². The van der Waals surface area contributed by atoms with Crippen molar-refractivity contribution < 1.29 is 9.53 Å². The van der Waals surface area contributed by atoms with E-state index in [2.05, 4.69) is 15.2 Å². The van der Waals surface area contributed by atoms with E-state index in [-0.39, 0.29) is 6.03 Å². The van der Waals surface area contributed by atoms with Crippen LogP contribution in [-0.2, 0) is 0 Å². The van der Waals surface area contributed by atoms with Gasteiger partial charge in [0, 0.05) is 44.5 Å². The first-order valence-corrected chi connectivity index (χ1v) is 8.32. The number of likely N-dealkylation sites (N-methyl/N-ethyl adjacent to an activating group) is 1. The van der Waals surface area contributed by atoms with Gasteiger partial charge in [-0.15, -0.1) is 0 Å². The van der Waals surface area contributed by atoms with E-state index in [4.69, 9.17) is 22.1 Å². The largest absolute Gasteiger partial charge is 0.457 e. The number of carbonyl (C=O) groups is 1. The van der Waals surface area contributed by atoms with Crippen LogP contribution in [0.4, 0.5) is 16.3 Å². The van der Waals surface area contributed by atoms with Crippen molar-refractivity contribution in [1.29, 1.82) is 0 Å². The first kappa shape index (κ1) is 17.3. The number of nitrogens with one attached hydrogen (secondary N) is 1. The van der Waals surface area contributed by atoms with Gasteiger partial charge in [0.25, 0.3) is 0 Å². The Bertz CT molecular complexity index is 762.